The maximum Gasteiger partial charge on any atom is 0.323 e. The molecule has 2 rings (SSSR count). The molecule has 1 aromatic heterocycles. The lowest BCUT2D eigenvalue weighted by molar-refractivity contribution is -0.386. The number of hydrogen-bond acceptors (Lipinski definition) is 5. The van der Waals surface area contributed by atoms with Crippen LogP contribution < -0.4 is 10.1 Å². The second-order valence-electron chi connectivity index (χ2n) is 4.56. The van der Waals surface area contributed by atoms with Gasteiger partial charge in [-0.25, -0.2) is 0 Å². The molecule has 7 heteroatoms. The average molecular weight is 320 g/mol. The zero-order valence-electron chi connectivity index (χ0n) is 12.2. The van der Waals surface area contributed by atoms with Crippen LogP contribution in [0.5, 0.6) is 5.75 Å². The molecule has 6 nitrogen and oxygen atoms in total. The summed E-state index contributed by atoms with van der Waals surface area (Å²) in [6, 6.07) is 8.12. The van der Waals surface area contributed by atoms with Crippen molar-refractivity contribution in [2.45, 2.75) is 19.4 Å². The Morgan fingerprint density at radius 1 is 1.41 bits per heavy atom. The van der Waals surface area contributed by atoms with Crippen LogP contribution in [-0.2, 0) is 0 Å². The third-order valence-corrected chi connectivity index (χ3v) is 4.23. The van der Waals surface area contributed by atoms with Gasteiger partial charge in [-0.15, -0.1) is 11.3 Å². The van der Waals surface area contributed by atoms with Gasteiger partial charge < -0.3 is 10.1 Å². The number of hydrogen-bond donors (Lipinski definition) is 1. The summed E-state index contributed by atoms with van der Waals surface area (Å²) in [5.41, 5.74) is -0.317. The number of nitrogens with zero attached hydrogens (tertiary/aromatic N) is 1. The lowest BCUT2D eigenvalue weighted by atomic mass is 10.1. The molecule has 1 amide bonds. The number of benzene rings is 1. The van der Waals surface area contributed by atoms with E-state index in [1.54, 1.807) is 6.07 Å². The van der Waals surface area contributed by atoms with Gasteiger partial charge in [0.1, 0.15) is 5.56 Å². The predicted octanol–water partition coefficient (Wildman–Crippen LogP) is 3.55. The number of methoxy groups -OCH3 is 1. The predicted molar refractivity (Wildman–Crippen MR) is 84.5 cm³/mol. The Kier molecular flexibility index (Phi) is 5.11. The molecule has 0 aliphatic heterocycles. The van der Waals surface area contributed by atoms with E-state index in [4.69, 9.17) is 4.74 Å². The Hall–Kier alpha value is -2.41. The van der Waals surface area contributed by atoms with Gasteiger partial charge in [0, 0.05) is 4.88 Å². The van der Waals surface area contributed by atoms with Gasteiger partial charge in [-0.3, -0.25) is 14.9 Å². The van der Waals surface area contributed by atoms with Crippen molar-refractivity contribution in [1.29, 1.82) is 0 Å². The first kappa shape index (κ1) is 16.0. The van der Waals surface area contributed by atoms with Gasteiger partial charge in [-0.1, -0.05) is 19.1 Å². The van der Waals surface area contributed by atoms with E-state index in [-0.39, 0.29) is 23.0 Å². The van der Waals surface area contributed by atoms with Crippen LogP contribution in [0, 0.1) is 10.1 Å². The Labute approximate surface area is 131 Å². The maximum absolute atomic E-state index is 12.4. The van der Waals surface area contributed by atoms with Gasteiger partial charge in [0.15, 0.2) is 5.75 Å². The third kappa shape index (κ3) is 3.25. The van der Waals surface area contributed by atoms with Crippen molar-refractivity contribution in [2.75, 3.05) is 7.11 Å². The Bertz CT molecular complexity index is 670. The minimum absolute atomic E-state index is 0.000596. The van der Waals surface area contributed by atoms with Crippen molar-refractivity contribution >= 4 is 22.9 Å². The first-order valence-electron chi connectivity index (χ1n) is 6.74. The van der Waals surface area contributed by atoms with Crippen molar-refractivity contribution in [2.24, 2.45) is 0 Å². The Balaban J connectivity index is 2.31. The van der Waals surface area contributed by atoms with Gasteiger partial charge in [0.25, 0.3) is 5.91 Å². The molecule has 2 aromatic rings. The molecule has 0 fully saturated rings. The first-order valence-corrected chi connectivity index (χ1v) is 7.62. The highest BCUT2D eigenvalue weighted by atomic mass is 32.1. The molecule has 0 aliphatic rings. The Morgan fingerprint density at radius 2 is 2.18 bits per heavy atom. The van der Waals surface area contributed by atoms with Gasteiger partial charge in [-0.05, 0) is 30.0 Å². The molecule has 0 saturated carbocycles. The topological polar surface area (TPSA) is 81.5 Å². The zero-order valence-corrected chi connectivity index (χ0v) is 13.1. The average Bonchev–Trinajstić information content (AvgIpc) is 3.05. The molecular formula is C15H16N2O4S. The number of carbonyl (C=O) groups is 1. The molecule has 22 heavy (non-hydrogen) atoms. The smallest absolute Gasteiger partial charge is 0.323 e. The van der Waals surface area contributed by atoms with E-state index in [9.17, 15) is 14.9 Å². The Morgan fingerprint density at radius 3 is 2.73 bits per heavy atom. The fourth-order valence-corrected chi connectivity index (χ4v) is 3.02. The second kappa shape index (κ2) is 7.04. The fourth-order valence-electron chi connectivity index (χ4n) is 2.16. The minimum atomic E-state index is -0.597. The molecule has 0 unspecified atom stereocenters. The van der Waals surface area contributed by atoms with Crippen LogP contribution in [0.3, 0.4) is 0 Å². The fraction of sp³-hybridized carbons (Fsp3) is 0.267. The van der Waals surface area contributed by atoms with Crippen molar-refractivity contribution in [1.82, 2.24) is 5.32 Å². The summed E-state index contributed by atoms with van der Waals surface area (Å²) in [6.07, 6.45) is 0.698. The quantitative estimate of drug-likeness (QED) is 0.652. The third-order valence-electron chi connectivity index (χ3n) is 3.25. The number of carbonyl (C=O) groups excluding carboxylic acids is 1. The van der Waals surface area contributed by atoms with E-state index in [1.165, 1.54) is 30.6 Å². The summed E-state index contributed by atoms with van der Waals surface area (Å²) in [7, 11) is 1.34. The monoisotopic (exact) mass is 320 g/mol. The van der Waals surface area contributed by atoms with Crippen LogP contribution in [0.15, 0.2) is 35.7 Å². The van der Waals surface area contributed by atoms with E-state index in [1.807, 2.05) is 24.4 Å². The van der Waals surface area contributed by atoms with Crippen molar-refractivity contribution in [3.8, 4) is 5.75 Å². The molecule has 1 heterocycles. The van der Waals surface area contributed by atoms with Crippen LogP contribution in [0.4, 0.5) is 5.69 Å². The maximum atomic E-state index is 12.4. The van der Waals surface area contributed by atoms with Crippen LogP contribution in [0.1, 0.15) is 34.6 Å². The van der Waals surface area contributed by atoms with Crippen LogP contribution in [-0.4, -0.2) is 17.9 Å². The van der Waals surface area contributed by atoms with Crippen LogP contribution in [0.2, 0.25) is 0 Å². The summed E-state index contributed by atoms with van der Waals surface area (Å²) >= 11 is 1.54. The number of nitro groups is 1. The molecule has 1 N–H and O–H groups in total. The molecule has 116 valence electrons. The largest absolute Gasteiger partial charge is 0.490 e. The van der Waals surface area contributed by atoms with E-state index < -0.39 is 10.8 Å². The van der Waals surface area contributed by atoms with E-state index in [0.717, 1.165) is 4.88 Å². The molecule has 1 atom stereocenters. The molecule has 0 saturated heterocycles. The lowest BCUT2D eigenvalue weighted by Crippen LogP contribution is -2.28. The number of ether oxygens (including phenoxy) is 1. The number of thiophene rings is 1. The van der Waals surface area contributed by atoms with E-state index in [2.05, 4.69) is 5.32 Å². The standard InChI is InChI=1S/C15H16N2O4S/c1-3-11(13-8-5-9-22-13)16-15(18)10-6-4-7-12(21-2)14(10)17(19)20/h4-9,11H,3H2,1-2H3,(H,16,18)/t11-/m0/s1. The number of nitro benzene ring substituents is 1. The van der Waals surface area contributed by atoms with Crippen molar-refractivity contribution in [3.63, 3.8) is 0 Å². The number of nitrogens with one attached hydrogen (secondary N) is 1. The molecular weight excluding hydrogens is 304 g/mol. The zero-order chi connectivity index (χ0) is 16.1. The van der Waals surface area contributed by atoms with Gasteiger partial charge in [0.2, 0.25) is 0 Å². The molecule has 0 aliphatic carbocycles. The summed E-state index contributed by atoms with van der Waals surface area (Å²) in [5.74, 6) is -0.410. The lowest BCUT2D eigenvalue weighted by Gasteiger charge is -2.16. The highest BCUT2D eigenvalue weighted by Crippen LogP contribution is 2.31. The number of rotatable bonds is 6. The van der Waals surface area contributed by atoms with Crippen molar-refractivity contribution in [3.05, 3.63) is 56.3 Å². The molecule has 0 spiro atoms. The summed E-state index contributed by atoms with van der Waals surface area (Å²) in [5, 5.41) is 16.0. The minimum Gasteiger partial charge on any atom is -0.490 e. The summed E-state index contributed by atoms with van der Waals surface area (Å²) in [6.45, 7) is 1.95. The van der Waals surface area contributed by atoms with Gasteiger partial charge in [0.05, 0.1) is 18.1 Å². The molecule has 0 radical (unpaired) electrons. The highest BCUT2D eigenvalue weighted by Gasteiger charge is 2.26. The van der Waals surface area contributed by atoms with E-state index >= 15 is 0 Å². The first-order chi connectivity index (χ1) is 10.6. The summed E-state index contributed by atoms with van der Waals surface area (Å²) < 4.78 is 4.98. The van der Waals surface area contributed by atoms with Crippen LogP contribution >= 0.6 is 11.3 Å². The normalized spacial score (nSPS) is 11.7. The van der Waals surface area contributed by atoms with E-state index in [0.29, 0.717) is 6.42 Å². The second-order valence-corrected chi connectivity index (χ2v) is 5.54. The SMILES string of the molecule is CC[C@H](NC(=O)c1cccc(OC)c1[N+](=O)[O-])c1cccs1. The molecule has 1 aromatic carbocycles. The number of amides is 1. The highest BCUT2D eigenvalue weighted by molar-refractivity contribution is 7.10. The number of para-hydroxylation sites is 1. The summed E-state index contributed by atoms with van der Waals surface area (Å²) in [4.78, 5) is 24.1. The van der Waals surface area contributed by atoms with Crippen molar-refractivity contribution < 1.29 is 14.5 Å². The van der Waals surface area contributed by atoms with Gasteiger partial charge in [-0.2, -0.15) is 0 Å². The van der Waals surface area contributed by atoms with Gasteiger partial charge >= 0.3 is 5.69 Å². The van der Waals surface area contributed by atoms with Crippen LogP contribution in [0.25, 0.3) is 0 Å². The molecule has 0 bridgehead atoms.